The van der Waals surface area contributed by atoms with E-state index in [1.54, 1.807) is 6.07 Å². The van der Waals surface area contributed by atoms with Crippen molar-refractivity contribution < 1.29 is 14.3 Å². The topological polar surface area (TPSA) is 61.1 Å². The van der Waals surface area contributed by atoms with Crippen molar-refractivity contribution in [3.63, 3.8) is 0 Å². The first-order chi connectivity index (χ1) is 7.06. The molecule has 4 heteroatoms. The quantitative estimate of drug-likeness (QED) is 0.349. The Morgan fingerprint density at radius 1 is 1.40 bits per heavy atom. The summed E-state index contributed by atoms with van der Waals surface area (Å²) in [5.74, 6) is -1.42. The molecule has 0 bridgehead atoms. The number of rotatable bonds is 2. The largest absolute Gasteiger partial charge is 0.511 e. The Kier molecular flexibility index (Phi) is 3.19. The van der Waals surface area contributed by atoms with Crippen LogP contribution in [0, 0.1) is 17.1 Å². The fourth-order valence-electron chi connectivity index (χ4n) is 1.04. The van der Waals surface area contributed by atoms with Gasteiger partial charge in [0, 0.05) is 5.56 Å². The Morgan fingerprint density at radius 2 is 1.93 bits per heavy atom. The van der Waals surface area contributed by atoms with Gasteiger partial charge in [0.25, 0.3) is 0 Å². The van der Waals surface area contributed by atoms with Crippen molar-refractivity contribution in [1.29, 1.82) is 5.26 Å². The van der Waals surface area contributed by atoms with Gasteiger partial charge in [0.1, 0.15) is 23.2 Å². The minimum absolute atomic E-state index is 0.168. The van der Waals surface area contributed by atoms with E-state index in [1.807, 2.05) is 0 Å². The van der Waals surface area contributed by atoms with Gasteiger partial charge in [-0.05, 0) is 31.2 Å². The molecule has 1 N–H and O–H groups in total. The molecule has 1 rings (SSSR count). The van der Waals surface area contributed by atoms with Gasteiger partial charge in [-0.25, -0.2) is 4.39 Å². The maximum absolute atomic E-state index is 12.6. The van der Waals surface area contributed by atoms with E-state index in [2.05, 4.69) is 0 Å². The van der Waals surface area contributed by atoms with Crippen LogP contribution in [0.5, 0.6) is 0 Å². The number of Topliss-reactive ketones (excluding diaryl/α,β-unsaturated/α-hetero) is 1. The molecular formula is C11H8FNO2. The standard InChI is InChI=1S/C11H8FNO2/c1-7(14)10(6-13)11(15)8-2-4-9(12)5-3-8/h2-5,14H,1H3/b10-7-. The summed E-state index contributed by atoms with van der Waals surface area (Å²) in [7, 11) is 0. The van der Waals surface area contributed by atoms with Crippen LogP contribution in [-0.2, 0) is 0 Å². The van der Waals surface area contributed by atoms with Gasteiger partial charge in [-0.1, -0.05) is 0 Å². The lowest BCUT2D eigenvalue weighted by molar-refractivity contribution is 0.103. The van der Waals surface area contributed by atoms with Crippen LogP contribution < -0.4 is 0 Å². The first kappa shape index (κ1) is 10.9. The Hall–Kier alpha value is -2.15. The van der Waals surface area contributed by atoms with E-state index in [0.29, 0.717) is 0 Å². The Bertz CT molecular complexity index is 450. The summed E-state index contributed by atoms with van der Waals surface area (Å²) < 4.78 is 12.6. The van der Waals surface area contributed by atoms with Gasteiger partial charge in [-0.3, -0.25) is 4.79 Å². The van der Waals surface area contributed by atoms with E-state index in [4.69, 9.17) is 10.4 Å². The predicted molar refractivity (Wildman–Crippen MR) is 51.7 cm³/mol. The molecule has 1 aromatic carbocycles. The number of carbonyl (C=O) groups excluding carboxylic acids is 1. The normalized spacial score (nSPS) is 11.5. The molecule has 0 fully saturated rings. The molecule has 0 spiro atoms. The Balaban J connectivity index is 3.11. The summed E-state index contributed by atoms with van der Waals surface area (Å²) in [6.07, 6.45) is 0. The van der Waals surface area contributed by atoms with Crippen LogP contribution in [0.15, 0.2) is 35.6 Å². The van der Waals surface area contributed by atoms with Crippen molar-refractivity contribution in [3.8, 4) is 6.07 Å². The highest BCUT2D eigenvalue weighted by Gasteiger charge is 2.14. The molecule has 0 heterocycles. The molecule has 0 atom stereocenters. The van der Waals surface area contributed by atoms with Crippen molar-refractivity contribution in [3.05, 3.63) is 47.0 Å². The van der Waals surface area contributed by atoms with Crippen molar-refractivity contribution in [2.24, 2.45) is 0 Å². The molecule has 0 unspecified atom stereocenters. The van der Waals surface area contributed by atoms with Crippen LogP contribution in [0.3, 0.4) is 0 Å². The van der Waals surface area contributed by atoms with E-state index in [-0.39, 0.29) is 16.9 Å². The molecule has 0 amide bonds. The van der Waals surface area contributed by atoms with E-state index < -0.39 is 11.6 Å². The van der Waals surface area contributed by atoms with Gasteiger partial charge in [-0.15, -0.1) is 0 Å². The molecule has 1 aromatic rings. The second-order valence-corrected chi connectivity index (χ2v) is 2.91. The van der Waals surface area contributed by atoms with Crippen LogP contribution in [-0.4, -0.2) is 10.9 Å². The second kappa shape index (κ2) is 4.38. The van der Waals surface area contributed by atoms with Gasteiger partial charge < -0.3 is 5.11 Å². The fraction of sp³-hybridized carbons (Fsp3) is 0.0909. The number of ketones is 1. The van der Waals surface area contributed by atoms with E-state index in [0.717, 1.165) is 12.1 Å². The van der Waals surface area contributed by atoms with Crippen LogP contribution in [0.1, 0.15) is 17.3 Å². The molecule has 0 aliphatic heterocycles. The number of aliphatic hydroxyl groups is 1. The molecule has 0 saturated carbocycles. The Labute approximate surface area is 86.1 Å². The molecule has 3 nitrogen and oxygen atoms in total. The molecule has 0 radical (unpaired) electrons. The number of aliphatic hydroxyl groups excluding tert-OH is 1. The van der Waals surface area contributed by atoms with E-state index in [9.17, 15) is 9.18 Å². The summed E-state index contributed by atoms with van der Waals surface area (Å²) >= 11 is 0. The fourth-order valence-corrected chi connectivity index (χ4v) is 1.04. The number of hydrogen-bond donors (Lipinski definition) is 1. The zero-order valence-electron chi connectivity index (χ0n) is 7.99. The van der Waals surface area contributed by atoms with Crippen LogP contribution in [0.2, 0.25) is 0 Å². The van der Waals surface area contributed by atoms with Gasteiger partial charge in [0.05, 0.1) is 0 Å². The zero-order chi connectivity index (χ0) is 11.4. The van der Waals surface area contributed by atoms with Crippen molar-refractivity contribution in [2.45, 2.75) is 6.92 Å². The average Bonchev–Trinajstić information content (AvgIpc) is 2.19. The zero-order valence-corrected chi connectivity index (χ0v) is 7.99. The predicted octanol–water partition coefficient (Wildman–Crippen LogP) is 2.36. The second-order valence-electron chi connectivity index (χ2n) is 2.91. The number of halogens is 1. The highest BCUT2D eigenvalue weighted by Crippen LogP contribution is 2.11. The van der Waals surface area contributed by atoms with Crippen LogP contribution in [0.4, 0.5) is 4.39 Å². The molecule has 0 saturated heterocycles. The van der Waals surface area contributed by atoms with Gasteiger partial charge >= 0.3 is 0 Å². The smallest absolute Gasteiger partial charge is 0.206 e. The highest BCUT2D eigenvalue weighted by atomic mass is 19.1. The maximum atomic E-state index is 12.6. The lowest BCUT2D eigenvalue weighted by Gasteiger charge is -1.99. The SMILES string of the molecule is C/C(O)=C(\C#N)C(=O)c1ccc(F)cc1. The number of allylic oxidation sites excluding steroid dienone is 2. The monoisotopic (exact) mass is 205 g/mol. The molecule has 0 aliphatic carbocycles. The van der Waals surface area contributed by atoms with Crippen LogP contribution in [0.25, 0.3) is 0 Å². The number of carbonyl (C=O) groups is 1. The molecular weight excluding hydrogens is 197 g/mol. The third kappa shape index (κ3) is 2.41. The lowest BCUT2D eigenvalue weighted by Crippen LogP contribution is -2.04. The van der Waals surface area contributed by atoms with E-state index in [1.165, 1.54) is 19.1 Å². The summed E-state index contributed by atoms with van der Waals surface area (Å²) in [4.78, 5) is 11.6. The number of benzene rings is 1. The minimum atomic E-state index is -0.613. The third-order valence-corrected chi connectivity index (χ3v) is 1.81. The average molecular weight is 205 g/mol. The first-order valence-corrected chi connectivity index (χ1v) is 4.16. The van der Waals surface area contributed by atoms with Crippen LogP contribution >= 0.6 is 0 Å². The van der Waals surface area contributed by atoms with Gasteiger partial charge in [0.2, 0.25) is 5.78 Å². The number of nitriles is 1. The lowest BCUT2D eigenvalue weighted by atomic mass is 10.0. The third-order valence-electron chi connectivity index (χ3n) is 1.81. The summed E-state index contributed by atoms with van der Waals surface area (Å²) in [5, 5.41) is 17.7. The number of hydrogen-bond acceptors (Lipinski definition) is 3. The summed E-state index contributed by atoms with van der Waals surface area (Å²) in [6, 6.07) is 6.36. The molecule has 15 heavy (non-hydrogen) atoms. The summed E-state index contributed by atoms with van der Waals surface area (Å²) in [6.45, 7) is 1.25. The van der Waals surface area contributed by atoms with Gasteiger partial charge in [-0.2, -0.15) is 5.26 Å². The van der Waals surface area contributed by atoms with Crippen molar-refractivity contribution in [1.82, 2.24) is 0 Å². The minimum Gasteiger partial charge on any atom is -0.511 e. The number of nitrogens with zero attached hydrogens (tertiary/aromatic N) is 1. The van der Waals surface area contributed by atoms with Gasteiger partial charge in [0.15, 0.2) is 0 Å². The summed E-state index contributed by atoms with van der Waals surface area (Å²) in [5.41, 5.74) is -0.164. The molecule has 0 aromatic heterocycles. The maximum Gasteiger partial charge on any atom is 0.206 e. The van der Waals surface area contributed by atoms with E-state index >= 15 is 0 Å². The van der Waals surface area contributed by atoms with Crippen molar-refractivity contribution in [2.75, 3.05) is 0 Å². The molecule has 76 valence electrons. The molecule has 0 aliphatic rings. The van der Waals surface area contributed by atoms with Crippen molar-refractivity contribution >= 4 is 5.78 Å². The Morgan fingerprint density at radius 3 is 2.33 bits per heavy atom. The highest BCUT2D eigenvalue weighted by molar-refractivity contribution is 6.11. The first-order valence-electron chi connectivity index (χ1n) is 4.16.